The number of hydrogen-bond acceptors (Lipinski definition) is 2. The largest absolute Gasteiger partial charge is 0.274 e. The molecule has 0 aliphatic rings. The SMILES string of the molecule is CC.CC(C)c1nn(C)cc1C#N. The molecule has 0 atom stereocenters. The summed E-state index contributed by atoms with van der Waals surface area (Å²) in [7, 11) is 1.83. The van der Waals surface area contributed by atoms with E-state index in [1.54, 1.807) is 10.9 Å². The van der Waals surface area contributed by atoms with Crippen LogP contribution in [0.25, 0.3) is 0 Å². The second-order valence-corrected chi connectivity index (χ2v) is 2.87. The van der Waals surface area contributed by atoms with Crippen LogP contribution in [0.4, 0.5) is 0 Å². The summed E-state index contributed by atoms with van der Waals surface area (Å²) in [5.41, 5.74) is 1.57. The number of aryl methyl sites for hydroxylation is 1. The van der Waals surface area contributed by atoms with Gasteiger partial charge in [0.25, 0.3) is 0 Å². The van der Waals surface area contributed by atoms with E-state index in [2.05, 4.69) is 11.2 Å². The minimum Gasteiger partial charge on any atom is -0.274 e. The molecule has 3 nitrogen and oxygen atoms in total. The quantitative estimate of drug-likeness (QED) is 0.664. The monoisotopic (exact) mass is 179 g/mol. The van der Waals surface area contributed by atoms with Crippen LogP contribution in [0.2, 0.25) is 0 Å². The van der Waals surface area contributed by atoms with Gasteiger partial charge in [0.05, 0.1) is 11.3 Å². The maximum atomic E-state index is 8.68. The molecular formula is C10H17N3. The molecule has 0 aliphatic heterocycles. The molecule has 0 spiro atoms. The zero-order valence-corrected chi connectivity index (χ0v) is 9.00. The lowest BCUT2D eigenvalue weighted by Gasteiger charge is -1.97. The lowest BCUT2D eigenvalue weighted by molar-refractivity contribution is 0.712. The van der Waals surface area contributed by atoms with Gasteiger partial charge >= 0.3 is 0 Å². The topological polar surface area (TPSA) is 41.6 Å². The molecule has 0 saturated heterocycles. The smallest absolute Gasteiger partial charge is 0.103 e. The molecule has 13 heavy (non-hydrogen) atoms. The highest BCUT2D eigenvalue weighted by atomic mass is 15.3. The van der Waals surface area contributed by atoms with Crippen LogP contribution < -0.4 is 0 Å². The normalized spacial score (nSPS) is 9.00. The molecule has 72 valence electrons. The van der Waals surface area contributed by atoms with Crippen molar-refractivity contribution in [3.05, 3.63) is 17.5 Å². The first-order chi connectivity index (χ1) is 6.15. The molecule has 1 heterocycles. The van der Waals surface area contributed by atoms with Crippen LogP contribution in [-0.4, -0.2) is 9.78 Å². The fourth-order valence-electron chi connectivity index (χ4n) is 1.02. The molecule has 0 aliphatic carbocycles. The molecule has 1 aromatic rings. The third kappa shape index (κ3) is 2.90. The lowest BCUT2D eigenvalue weighted by Crippen LogP contribution is -1.93. The standard InChI is InChI=1S/C8H11N3.C2H6/c1-6(2)8-7(4-9)5-11(3)10-8;1-2/h5-6H,1-3H3;1-2H3. The highest BCUT2D eigenvalue weighted by Gasteiger charge is 2.09. The Morgan fingerprint density at radius 3 is 2.31 bits per heavy atom. The maximum absolute atomic E-state index is 8.68. The van der Waals surface area contributed by atoms with Crippen molar-refractivity contribution in [2.45, 2.75) is 33.6 Å². The van der Waals surface area contributed by atoms with Crippen LogP contribution in [0.5, 0.6) is 0 Å². The first-order valence-corrected chi connectivity index (χ1v) is 4.58. The van der Waals surface area contributed by atoms with E-state index in [1.165, 1.54) is 0 Å². The van der Waals surface area contributed by atoms with Crippen molar-refractivity contribution in [2.24, 2.45) is 7.05 Å². The van der Waals surface area contributed by atoms with Gasteiger partial charge in [0.15, 0.2) is 0 Å². The predicted octanol–water partition coefficient (Wildman–Crippen LogP) is 2.44. The highest BCUT2D eigenvalue weighted by Crippen LogP contribution is 2.15. The van der Waals surface area contributed by atoms with Crippen LogP contribution in [0.1, 0.15) is 44.9 Å². The first kappa shape index (κ1) is 11.7. The number of aromatic nitrogens is 2. The van der Waals surface area contributed by atoms with E-state index in [4.69, 9.17) is 5.26 Å². The zero-order valence-electron chi connectivity index (χ0n) is 9.00. The van der Waals surface area contributed by atoms with Crippen molar-refractivity contribution in [2.75, 3.05) is 0 Å². The van der Waals surface area contributed by atoms with E-state index in [0.29, 0.717) is 11.5 Å². The van der Waals surface area contributed by atoms with E-state index in [0.717, 1.165) is 5.69 Å². The van der Waals surface area contributed by atoms with Gasteiger partial charge in [-0.05, 0) is 5.92 Å². The van der Waals surface area contributed by atoms with Gasteiger partial charge in [0.1, 0.15) is 6.07 Å². The van der Waals surface area contributed by atoms with Gasteiger partial charge in [-0.3, -0.25) is 4.68 Å². The number of nitrogens with zero attached hydrogens (tertiary/aromatic N) is 3. The average molecular weight is 179 g/mol. The van der Waals surface area contributed by atoms with Crippen molar-refractivity contribution in [3.63, 3.8) is 0 Å². The van der Waals surface area contributed by atoms with E-state index >= 15 is 0 Å². The molecule has 0 fully saturated rings. The lowest BCUT2D eigenvalue weighted by atomic mass is 10.1. The molecule has 0 saturated carbocycles. The van der Waals surface area contributed by atoms with Crippen molar-refractivity contribution < 1.29 is 0 Å². The maximum Gasteiger partial charge on any atom is 0.103 e. The molecule has 0 radical (unpaired) electrons. The summed E-state index contributed by atoms with van der Waals surface area (Å²) >= 11 is 0. The summed E-state index contributed by atoms with van der Waals surface area (Å²) in [6, 6.07) is 2.11. The van der Waals surface area contributed by atoms with Crippen molar-refractivity contribution >= 4 is 0 Å². The predicted molar refractivity (Wildman–Crippen MR) is 53.4 cm³/mol. The van der Waals surface area contributed by atoms with Crippen LogP contribution >= 0.6 is 0 Å². The van der Waals surface area contributed by atoms with Crippen molar-refractivity contribution in [3.8, 4) is 6.07 Å². The van der Waals surface area contributed by atoms with Gasteiger partial charge in [-0.15, -0.1) is 0 Å². The van der Waals surface area contributed by atoms with E-state index in [9.17, 15) is 0 Å². The Bertz CT molecular complexity index is 292. The van der Waals surface area contributed by atoms with Gasteiger partial charge in [-0.1, -0.05) is 27.7 Å². The Balaban J connectivity index is 0.000000671. The Hall–Kier alpha value is -1.30. The van der Waals surface area contributed by atoms with Crippen LogP contribution in [0, 0.1) is 11.3 Å². The molecule has 0 unspecified atom stereocenters. The molecule has 0 bridgehead atoms. The van der Waals surface area contributed by atoms with Crippen LogP contribution in [-0.2, 0) is 7.05 Å². The van der Waals surface area contributed by atoms with Gasteiger partial charge < -0.3 is 0 Å². The Morgan fingerprint density at radius 2 is 2.00 bits per heavy atom. The molecular weight excluding hydrogens is 162 g/mol. The Labute approximate surface area is 80.0 Å². The van der Waals surface area contributed by atoms with E-state index in [1.807, 2.05) is 34.7 Å². The van der Waals surface area contributed by atoms with Gasteiger partial charge in [0.2, 0.25) is 0 Å². The van der Waals surface area contributed by atoms with E-state index < -0.39 is 0 Å². The van der Waals surface area contributed by atoms with Gasteiger partial charge in [0, 0.05) is 13.2 Å². The fraction of sp³-hybridized carbons (Fsp3) is 0.600. The van der Waals surface area contributed by atoms with Crippen molar-refractivity contribution in [1.29, 1.82) is 5.26 Å². The number of hydrogen-bond donors (Lipinski definition) is 0. The summed E-state index contributed by atoms with van der Waals surface area (Å²) in [6.45, 7) is 8.06. The Kier molecular flexibility index (Phi) is 4.83. The van der Waals surface area contributed by atoms with Crippen LogP contribution in [0.3, 0.4) is 0 Å². The zero-order chi connectivity index (χ0) is 10.4. The molecule has 1 rings (SSSR count). The fourth-order valence-corrected chi connectivity index (χ4v) is 1.02. The second-order valence-electron chi connectivity index (χ2n) is 2.87. The summed E-state index contributed by atoms with van der Waals surface area (Å²) in [6.07, 6.45) is 1.75. The molecule has 0 aromatic carbocycles. The third-order valence-electron chi connectivity index (χ3n) is 1.52. The first-order valence-electron chi connectivity index (χ1n) is 4.58. The molecule has 0 amide bonds. The van der Waals surface area contributed by atoms with E-state index in [-0.39, 0.29) is 0 Å². The van der Waals surface area contributed by atoms with Crippen LogP contribution in [0.15, 0.2) is 6.20 Å². The third-order valence-corrected chi connectivity index (χ3v) is 1.52. The molecule has 0 N–H and O–H groups in total. The molecule has 3 heteroatoms. The summed E-state index contributed by atoms with van der Waals surface area (Å²) in [4.78, 5) is 0. The highest BCUT2D eigenvalue weighted by molar-refractivity contribution is 5.32. The number of nitriles is 1. The minimum atomic E-state index is 0.325. The van der Waals surface area contributed by atoms with Gasteiger partial charge in [-0.2, -0.15) is 10.4 Å². The molecule has 1 aromatic heterocycles. The minimum absolute atomic E-state index is 0.325. The second kappa shape index (κ2) is 5.36. The summed E-state index contributed by atoms with van der Waals surface area (Å²) in [5.74, 6) is 0.325. The Morgan fingerprint density at radius 1 is 1.46 bits per heavy atom. The average Bonchev–Trinajstić information content (AvgIpc) is 2.50. The summed E-state index contributed by atoms with van der Waals surface area (Å²) in [5, 5.41) is 12.9. The summed E-state index contributed by atoms with van der Waals surface area (Å²) < 4.78 is 1.67. The van der Waals surface area contributed by atoms with Gasteiger partial charge in [-0.25, -0.2) is 0 Å². The number of rotatable bonds is 1. The van der Waals surface area contributed by atoms with Crippen molar-refractivity contribution in [1.82, 2.24) is 9.78 Å².